The van der Waals surface area contributed by atoms with Crippen molar-refractivity contribution in [1.29, 1.82) is 0 Å². The molecule has 0 aromatic heterocycles. The van der Waals surface area contributed by atoms with Crippen LogP contribution in [0.2, 0.25) is 0 Å². The molecule has 0 aliphatic rings. The molecule has 0 saturated carbocycles. The van der Waals surface area contributed by atoms with Gasteiger partial charge in [0.1, 0.15) is 0 Å². The molecule has 31 heavy (non-hydrogen) atoms. The number of hydrogen-bond donors (Lipinski definition) is 2. The minimum Gasteiger partial charge on any atom is -0.378 e. The zero-order chi connectivity index (χ0) is 23.4. The normalized spacial score (nSPS) is 13.5. The predicted octanol–water partition coefficient (Wildman–Crippen LogP) is 5.79. The Kier molecular flexibility index (Phi) is 19.5. The van der Waals surface area contributed by atoms with Gasteiger partial charge in [0.25, 0.3) is 0 Å². The smallest absolute Gasteiger partial charge is 0.378 e. The van der Waals surface area contributed by atoms with Crippen LogP contribution in [-0.4, -0.2) is 49.5 Å². The standard InChI is InChI=1S/C22H47O7PS/c1-3-4-5-6-7-8-9-10-11-12-13-14-15-16-17-18-19-31(26,27)21-22(28-2)20-29-30(23,24)25/h22H,3-21H2,1-2H3,(H2,23,24,25). The van der Waals surface area contributed by atoms with Crippen LogP contribution < -0.4 is 0 Å². The first kappa shape index (κ1) is 31.0. The molecule has 0 bridgehead atoms. The van der Waals surface area contributed by atoms with Gasteiger partial charge in [-0.3, -0.25) is 4.52 Å². The second kappa shape index (κ2) is 19.5. The highest BCUT2D eigenvalue weighted by atomic mass is 32.2. The fraction of sp³-hybridized carbons (Fsp3) is 1.00. The Bertz CT molecular complexity index is 548. The molecule has 0 rings (SSSR count). The van der Waals surface area contributed by atoms with E-state index >= 15 is 0 Å². The summed E-state index contributed by atoms with van der Waals surface area (Å²) in [7, 11) is -6.66. The van der Waals surface area contributed by atoms with Crippen LogP contribution >= 0.6 is 7.82 Å². The third-order valence-corrected chi connectivity index (χ3v) is 7.79. The molecule has 0 amide bonds. The minimum absolute atomic E-state index is 0.0706. The van der Waals surface area contributed by atoms with E-state index in [1.807, 2.05) is 0 Å². The lowest BCUT2D eigenvalue weighted by Crippen LogP contribution is -2.28. The first-order valence-corrected chi connectivity index (χ1v) is 15.5. The van der Waals surface area contributed by atoms with E-state index in [0.717, 1.165) is 19.3 Å². The lowest BCUT2D eigenvalue weighted by atomic mass is 10.0. The van der Waals surface area contributed by atoms with E-state index < -0.39 is 30.4 Å². The summed E-state index contributed by atoms with van der Waals surface area (Å²) in [6.45, 7) is 1.81. The Labute approximate surface area is 190 Å². The molecule has 0 fully saturated rings. The molecule has 1 unspecified atom stereocenters. The summed E-state index contributed by atoms with van der Waals surface area (Å²) in [6, 6.07) is 0. The fourth-order valence-corrected chi connectivity index (χ4v) is 5.57. The van der Waals surface area contributed by atoms with Gasteiger partial charge in [0.2, 0.25) is 0 Å². The van der Waals surface area contributed by atoms with Gasteiger partial charge in [-0.2, -0.15) is 0 Å². The molecule has 0 saturated heterocycles. The predicted molar refractivity (Wildman–Crippen MR) is 127 cm³/mol. The van der Waals surface area contributed by atoms with Gasteiger partial charge in [0.15, 0.2) is 9.84 Å². The van der Waals surface area contributed by atoms with Gasteiger partial charge in [-0.1, -0.05) is 103 Å². The monoisotopic (exact) mass is 486 g/mol. The number of phosphoric acid groups is 1. The molecule has 7 nitrogen and oxygen atoms in total. The lowest BCUT2D eigenvalue weighted by molar-refractivity contribution is 0.0594. The van der Waals surface area contributed by atoms with Crippen molar-refractivity contribution in [2.24, 2.45) is 0 Å². The number of rotatable bonds is 23. The topological polar surface area (TPSA) is 110 Å². The summed E-state index contributed by atoms with van der Waals surface area (Å²) in [5.41, 5.74) is 0. The molecular weight excluding hydrogens is 439 g/mol. The van der Waals surface area contributed by atoms with Crippen molar-refractivity contribution >= 4 is 17.7 Å². The molecule has 0 aliphatic heterocycles. The van der Waals surface area contributed by atoms with Gasteiger partial charge in [-0.25, -0.2) is 13.0 Å². The van der Waals surface area contributed by atoms with Crippen LogP contribution in [0, 0.1) is 0 Å². The molecule has 1 atom stereocenters. The summed E-state index contributed by atoms with van der Waals surface area (Å²) in [4.78, 5) is 17.4. The SMILES string of the molecule is CCCCCCCCCCCCCCCCCCS(=O)(=O)CC(COP(=O)(O)O)OC. The molecule has 0 heterocycles. The Hall–Kier alpha value is 0.0200. The van der Waals surface area contributed by atoms with Crippen molar-refractivity contribution in [3.05, 3.63) is 0 Å². The number of hydrogen-bond acceptors (Lipinski definition) is 5. The second-order valence-electron chi connectivity index (χ2n) is 8.56. The van der Waals surface area contributed by atoms with E-state index in [-0.39, 0.29) is 11.5 Å². The minimum atomic E-state index is -4.63. The highest BCUT2D eigenvalue weighted by Crippen LogP contribution is 2.35. The van der Waals surface area contributed by atoms with Gasteiger partial charge >= 0.3 is 7.82 Å². The Balaban J connectivity index is 3.55. The molecule has 2 N–H and O–H groups in total. The van der Waals surface area contributed by atoms with Crippen molar-refractivity contribution in [3.63, 3.8) is 0 Å². The molecule has 0 aliphatic carbocycles. The van der Waals surface area contributed by atoms with E-state index in [9.17, 15) is 13.0 Å². The molecular formula is C22H47O7PS. The lowest BCUT2D eigenvalue weighted by Gasteiger charge is -2.16. The molecule has 9 heteroatoms. The van der Waals surface area contributed by atoms with Gasteiger partial charge in [0, 0.05) is 7.11 Å². The summed E-state index contributed by atoms with van der Waals surface area (Å²) in [5, 5.41) is 0. The molecule has 0 radical (unpaired) electrons. The van der Waals surface area contributed by atoms with Gasteiger partial charge in [-0.15, -0.1) is 0 Å². The number of unbranched alkanes of at least 4 members (excludes halogenated alkanes) is 15. The van der Waals surface area contributed by atoms with Crippen LogP contribution in [0.3, 0.4) is 0 Å². The summed E-state index contributed by atoms with van der Waals surface area (Å²) in [5.74, 6) is -0.219. The van der Waals surface area contributed by atoms with Crippen LogP contribution in [0.15, 0.2) is 0 Å². The fourth-order valence-electron chi connectivity index (χ4n) is 3.60. The van der Waals surface area contributed by atoms with Gasteiger partial charge in [-0.05, 0) is 6.42 Å². The summed E-state index contributed by atoms with van der Waals surface area (Å²) in [6.07, 6.45) is 18.9. The first-order chi connectivity index (χ1) is 14.7. The number of ether oxygens (including phenoxy) is 1. The number of methoxy groups -OCH3 is 1. The largest absolute Gasteiger partial charge is 0.469 e. The summed E-state index contributed by atoms with van der Waals surface area (Å²) >= 11 is 0. The van der Waals surface area contributed by atoms with Crippen LogP contribution in [0.5, 0.6) is 0 Å². The zero-order valence-corrected chi connectivity index (χ0v) is 21.5. The number of sulfone groups is 1. The van der Waals surface area contributed by atoms with Crippen LogP contribution in [0.4, 0.5) is 0 Å². The van der Waals surface area contributed by atoms with Crippen molar-refractivity contribution in [3.8, 4) is 0 Å². The van der Waals surface area contributed by atoms with E-state index in [0.29, 0.717) is 6.42 Å². The highest BCUT2D eigenvalue weighted by molar-refractivity contribution is 7.91. The third-order valence-electron chi connectivity index (χ3n) is 5.51. The van der Waals surface area contributed by atoms with E-state index in [2.05, 4.69) is 11.4 Å². The molecule has 0 aromatic carbocycles. The van der Waals surface area contributed by atoms with Crippen LogP contribution in [0.25, 0.3) is 0 Å². The third kappa shape index (κ3) is 23.0. The average molecular weight is 487 g/mol. The van der Waals surface area contributed by atoms with Crippen molar-refractivity contribution in [2.75, 3.05) is 25.2 Å². The maximum atomic E-state index is 12.1. The van der Waals surface area contributed by atoms with E-state index in [4.69, 9.17) is 14.5 Å². The highest BCUT2D eigenvalue weighted by Gasteiger charge is 2.23. The van der Waals surface area contributed by atoms with Crippen molar-refractivity contribution < 1.29 is 32.0 Å². The molecule has 188 valence electrons. The van der Waals surface area contributed by atoms with Gasteiger partial charge < -0.3 is 14.5 Å². The van der Waals surface area contributed by atoms with Crippen molar-refractivity contribution in [1.82, 2.24) is 0 Å². The Morgan fingerprint density at radius 3 is 1.48 bits per heavy atom. The van der Waals surface area contributed by atoms with Gasteiger partial charge in [0.05, 0.1) is 24.2 Å². The molecule has 0 aromatic rings. The van der Waals surface area contributed by atoms with E-state index in [1.165, 1.54) is 84.2 Å². The second-order valence-corrected chi connectivity index (χ2v) is 12.0. The number of phosphoric ester groups is 1. The average Bonchev–Trinajstić information content (AvgIpc) is 2.70. The summed E-state index contributed by atoms with van der Waals surface area (Å²) < 4.78 is 44.3. The molecule has 0 spiro atoms. The quantitative estimate of drug-likeness (QED) is 0.139. The maximum Gasteiger partial charge on any atom is 0.469 e. The van der Waals surface area contributed by atoms with Crippen LogP contribution in [-0.2, 0) is 23.7 Å². The van der Waals surface area contributed by atoms with E-state index in [1.54, 1.807) is 0 Å². The van der Waals surface area contributed by atoms with Crippen molar-refractivity contribution in [2.45, 2.75) is 116 Å². The Morgan fingerprint density at radius 1 is 0.742 bits per heavy atom. The zero-order valence-electron chi connectivity index (χ0n) is 19.8. The maximum absolute atomic E-state index is 12.1. The van der Waals surface area contributed by atoms with Crippen LogP contribution in [0.1, 0.15) is 110 Å². The Morgan fingerprint density at radius 2 is 1.13 bits per heavy atom. The first-order valence-electron chi connectivity index (χ1n) is 12.1.